The van der Waals surface area contributed by atoms with E-state index >= 15 is 0 Å². The first kappa shape index (κ1) is 15.1. The van der Waals surface area contributed by atoms with E-state index in [0.29, 0.717) is 11.1 Å². The lowest BCUT2D eigenvalue weighted by molar-refractivity contribution is 0.547. The van der Waals surface area contributed by atoms with Crippen LogP contribution in [0, 0.1) is 18.6 Å². The first-order chi connectivity index (χ1) is 8.93. The van der Waals surface area contributed by atoms with Crippen molar-refractivity contribution in [1.29, 1.82) is 0 Å². The molecule has 1 heterocycles. The van der Waals surface area contributed by atoms with Crippen molar-refractivity contribution < 1.29 is 8.78 Å². The fourth-order valence-corrected chi connectivity index (χ4v) is 4.83. The Kier molecular flexibility index (Phi) is 4.76. The summed E-state index contributed by atoms with van der Waals surface area (Å²) in [6, 6.07) is 4.08. The van der Waals surface area contributed by atoms with Crippen molar-refractivity contribution in [3.63, 3.8) is 0 Å². The molecule has 1 atom stereocenters. The molecule has 0 amide bonds. The number of aryl methyl sites for hydroxylation is 1. The van der Waals surface area contributed by atoms with Gasteiger partial charge in [0.15, 0.2) is 0 Å². The van der Waals surface area contributed by atoms with Gasteiger partial charge in [0.1, 0.15) is 11.6 Å². The standard InChI is InChI=1S/C13H11Br2F2NS/c1-6-3-7(10(17)5-9(6)16)12(18-2)8-4-11(14)19-13(8)15/h3-5,12,18H,1-2H3. The first-order valence-electron chi connectivity index (χ1n) is 5.51. The van der Waals surface area contributed by atoms with E-state index in [2.05, 4.69) is 37.2 Å². The van der Waals surface area contributed by atoms with Crippen molar-refractivity contribution in [1.82, 2.24) is 5.32 Å². The minimum Gasteiger partial charge on any atom is -0.309 e. The third-order valence-corrected chi connectivity index (χ3v) is 5.26. The van der Waals surface area contributed by atoms with Crippen LogP contribution in [0.3, 0.4) is 0 Å². The van der Waals surface area contributed by atoms with Gasteiger partial charge in [-0.15, -0.1) is 11.3 Å². The molecule has 0 saturated heterocycles. The Morgan fingerprint density at radius 2 is 1.79 bits per heavy atom. The van der Waals surface area contributed by atoms with Crippen molar-refractivity contribution in [3.05, 3.63) is 54.1 Å². The van der Waals surface area contributed by atoms with Crippen LogP contribution >= 0.6 is 43.2 Å². The molecule has 1 nitrogen and oxygen atoms in total. The summed E-state index contributed by atoms with van der Waals surface area (Å²) in [4.78, 5) is 0. The molecule has 1 N–H and O–H groups in total. The SMILES string of the molecule is CNC(c1cc(C)c(F)cc1F)c1cc(Br)sc1Br. The normalized spacial score (nSPS) is 12.7. The molecule has 1 aromatic carbocycles. The minimum absolute atomic E-state index is 0.323. The molecule has 1 aromatic heterocycles. The lowest BCUT2D eigenvalue weighted by Crippen LogP contribution is -2.19. The van der Waals surface area contributed by atoms with Gasteiger partial charge in [0.05, 0.1) is 13.6 Å². The lowest BCUT2D eigenvalue weighted by atomic mass is 9.99. The van der Waals surface area contributed by atoms with Gasteiger partial charge in [-0.25, -0.2) is 8.78 Å². The Morgan fingerprint density at radius 3 is 2.32 bits per heavy atom. The number of nitrogens with one attached hydrogen (secondary N) is 1. The quantitative estimate of drug-likeness (QED) is 0.735. The topological polar surface area (TPSA) is 12.0 Å². The molecule has 0 aliphatic rings. The molecule has 0 bridgehead atoms. The fourth-order valence-electron chi connectivity index (χ4n) is 1.93. The number of hydrogen-bond acceptors (Lipinski definition) is 2. The first-order valence-corrected chi connectivity index (χ1v) is 7.91. The summed E-state index contributed by atoms with van der Waals surface area (Å²) in [5.41, 5.74) is 1.79. The van der Waals surface area contributed by atoms with E-state index in [1.165, 1.54) is 11.3 Å². The lowest BCUT2D eigenvalue weighted by Gasteiger charge is -2.18. The summed E-state index contributed by atoms with van der Waals surface area (Å²) in [7, 11) is 1.75. The summed E-state index contributed by atoms with van der Waals surface area (Å²) < 4.78 is 29.2. The Balaban J connectivity index is 2.54. The fraction of sp³-hybridized carbons (Fsp3) is 0.231. The molecule has 2 rings (SSSR count). The molecule has 0 aliphatic heterocycles. The Labute approximate surface area is 131 Å². The number of rotatable bonds is 3. The molecular formula is C13H11Br2F2NS. The largest absolute Gasteiger partial charge is 0.309 e. The molecular weight excluding hydrogens is 400 g/mol. The molecule has 102 valence electrons. The average molecular weight is 411 g/mol. The zero-order valence-corrected chi connectivity index (χ0v) is 14.2. The van der Waals surface area contributed by atoms with E-state index in [-0.39, 0.29) is 6.04 Å². The Morgan fingerprint density at radius 1 is 1.11 bits per heavy atom. The van der Waals surface area contributed by atoms with Crippen molar-refractivity contribution in [2.75, 3.05) is 7.05 Å². The van der Waals surface area contributed by atoms with Crippen molar-refractivity contribution >= 4 is 43.2 Å². The van der Waals surface area contributed by atoms with E-state index < -0.39 is 11.6 Å². The molecule has 0 aliphatic carbocycles. The molecule has 0 spiro atoms. The summed E-state index contributed by atoms with van der Waals surface area (Å²) in [6.07, 6.45) is 0. The van der Waals surface area contributed by atoms with Gasteiger partial charge in [-0.05, 0) is 69.1 Å². The third-order valence-electron chi connectivity index (χ3n) is 2.87. The number of hydrogen-bond donors (Lipinski definition) is 1. The van der Waals surface area contributed by atoms with Crippen LogP contribution in [-0.2, 0) is 0 Å². The van der Waals surface area contributed by atoms with Gasteiger partial charge in [-0.3, -0.25) is 0 Å². The molecule has 19 heavy (non-hydrogen) atoms. The molecule has 0 radical (unpaired) electrons. The maximum atomic E-state index is 14.0. The van der Waals surface area contributed by atoms with Crippen molar-refractivity contribution in [3.8, 4) is 0 Å². The van der Waals surface area contributed by atoms with Crippen LogP contribution in [0.2, 0.25) is 0 Å². The van der Waals surface area contributed by atoms with Crippen molar-refractivity contribution in [2.45, 2.75) is 13.0 Å². The molecule has 1 unspecified atom stereocenters. The van der Waals surface area contributed by atoms with E-state index in [1.807, 2.05) is 6.07 Å². The Hall–Kier alpha value is -0.300. The van der Waals surface area contributed by atoms with Gasteiger partial charge in [0.25, 0.3) is 0 Å². The highest BCUT2D eigenvalue weighted by Crippen LogP contribution is 2.38. The van der Waals surface area contributed by atoms with Gasteiger partial charge >= 0.3 is 0 Å². The molecule has 0 fully saturated rings. The maximum absolute atomic E-state index is 14.0. The average Bonchev–Trinajstić information content (AvgIpc) is 2.66. The molecule has 2 aromatic rings. The monoisotopic (exact) mass is 409 g/mol. The maximum Gasteiger partial charge on any atom is 0.131 e. The van der Waals surface area contributed by atoms with Gasteiger partial charge in [0, 0.05) is 11.6 Å². The predicted octanol–water partition coefficient (Wildman–Crippen LogP) is 5.17. The minimum atomic E-state index is -0.545. The summed E-state index contributed by atoms with van der Waals surface area (Å²) >= 11 is 8.39. The predicted molar refractivity (Wildman–Crippen MR) is 81.7 cm³/mol. The Bertz CT molecular complexity index is 613. The van der Waals surface area contributed by atoms with Gasteiger partial charge in [0.2, 0.25) is 0 Å². The number of halogens is 4. The highest BCUT2D eigenvalue weighted by Gasteiger charge is 2.21. The second-order valence-electron chi connectivity index (χ2n) is 4.12. The van der Waals surface area contributed by atoms with Gasteiger partial charge < -0.3 is 5.32 Å². The third kappa shape index (κ3) is 3.07. The smallest absolute Gasteiger partial charge is 0.131 e. The van der Waals surface area contributed by atoms with E-state index in [0.717, 1.165) is 19.2 Å². The van der Waals surface area contributed by atoms with Crippen LogP contribution in [0.1, 0.15) is 22.7 Å². The number of benzene rings is 1. The van der Waals surface area contributed by atoms with E-state index in [1.54, 1.807) is 20.0 Å². The second-order valence-corrected chi connectivity index (χ2v) is 7.87. The molecule has 6 heteroatoms. The summed E-state index contributed by atoms with van der Waals surface area (Å²) in [5, 5.41) is 3.07. The zero-order chi connectivity index (χ0) is 14.2. The van der Waals surface area contributed by atoms with Crippen LogP contribution in [0.25, 0.3) is 0 Å². The van der Waals surface area contributed by atoms with Gasteiger partial charge in [-0.1, -0.05) is 0 Å². The molecule has 0 saturated carbocycles. The summed E-state index contributed by atoms with van der Waals surface area (Å²) in [5.74, 6) is -1.07. The van der Waals surface area contributed by atoms with Crippen LogP contribution in [0.5, 0.6) is 0 Å². The van der Waals surface area contributed by atoms with E-state index in [9.17, 15) is 8.78 Å². The summed E-state index contributed by atoms with van der Waals surface area (Å²) in [6.45, 7) is 1.63. The van der Waals surface area contributed by atoms with Crippen LogP contribution in [-0.4, -0.2) is 7.05 Å². The zero-order valence-electron chi connectivity index (χ0n) is 10.2. The highest BCUT2D eigenvalue weighted by atomic mass is 79.9. The second kappa shape index (κ2) is 5.99. The van der Waals surface area contributed by atoms with Crippen LogP contribution in [0.4, 0.5) is 8.78 Å². The van der Waals surface area contributed by atoms with E-state index in [4.69, 9.17) is 0 Å². The number of thiophene rings is 1. The van der Waals surface area contributed by atoms with Gasteiger partial charge in [-0.2, -0.15) is 0 Å². The van der Waals surface area contributed by atoms with Crippen LogP contribution in [0.15, 0.2) is 25.8 Å². The van der Waals surface area contributed by atoms with Crippen molar-refractivity contribution in [2.24, 2.45) is 0 Å². The van der Waals surface area contributed by atoms with Crippen LogP contribution < -0.4 is 5.32 Å². The highest BCUT2D eigenvalue weighted by molar-refractivity contribution is 9.12.